The molecule has 0 bridgehead atoms. The number of anilines is 1. The number of hydrogen-bond donors (Lipinski definition) is 1. The molecule has 0 saturated heterocycles. The molecule has 104 valence electrons. The van der Waals surface area contributed by atoms with Crippen LogP contribution in [0.5, 0.6) is 0 Å². The standard InChI is InChI=1S/C16H11ClN2S2/c17-16-19-9-11(20-16)8-18-10-5-6-13-12-3-1-2-4-14(12)21-15(13)7-10/h1-7,9,18H,8H2. The highest BCUT2D eigenvalue weighted by molar-refractivity contribution is 7.25. The Bertz CT molecular complexity index is 926. The van der Waals surface area contributed by atoms with Gasteiger partial charge in [0.05, 0.1) is 6.54 Å². The first-order valence-corrected chi connectivity index (χ1v) is 8.56. The van der Waals surface area contributed by atoms with Crippen LogP contribution in [0, 0.1) is 0 Å². The molecule has 0 aliphatic rings. The fourth-order valence-corrected chi connectivity index (χ4v) is 4.45. The van der Waals surface area contributed by atoms with Crippen molar-refractivity contribution in [3.05, 3.63) is 58.0 Å². The van der Waals surface area contributed by atoms with Gasteiger partial charge in [0.2, 0.25) is 0 Å². The number of thiazole rings is 1. The maximum atomic E-state index is 5.85. The van der Waals surface area contributed by atoms with Crippen molar-refractivity contribution < 1.29 is 0 Å². The van der Waals surface area contributed by atoms with Gasteiger partial charge in [0, 0.05) is 36.9 Å². The van der Waals surface area contributed by atoms with Gasteiger partial charge in [-0.1, -0.05) is 35.9 Å². The summed E-state index contributed by atoms with van der Waals surface area (Å²) in [4.78, 5) is 5.19. The molecule has 2 aromatic heterocycles. The quantitative estimate of drug-likeness (QED) is 0.515. The topological polar surface area (TPSA) is 24.9 Å². The first kappa shape index (κ1) is 13.1. The van der Waals surface area contributed by atoms with Crippen LogP contribution in [-0.2, 0) is 6.54 Å². The number of hydrogen-bond acceptors (Lipinski definition) is 4. The van der Waals surface area contributed by atoms with Gasteiger partial charge in [0.25, 0.3) is 0 Å². The second-order valence-corrected chi connectivity index (χ2v) is 7.52. The Kier molecular flexibility index (Phi) is 3.30. The van der Waals surface area contributed by atoms with E-state index in [1.807, 2.05) is 17.5 Å². The normalized spacial score (nSPS) is 11.3. The summed E-state index contributed by atoms with van der Waals surface area (Å²) < 4.78 is 3.23. The Balaban J connectivity index is 1.65. The minimum absolute atomic E-state index is 0.590. The molecule has 0 saturated carbocycles. The molecule has 2 heterocycles. The highest BCUT2D eigenvalue weighted by Crippen LogP contribution is 2.35. The van der Waals surface area contributed by atoms with Gasteiger partial charge in [-0.05, 0) is 18.2 Å². The SMILES string of the molecule is Clc1ncc(CNc2ccc3c(c2)sc2ccccc23)s1. The monoisotopic (exact) mass is 330 g/mol. The van der Waals surface area contributed by atoms with Gasteiger partial charge >= 0.3 is 0 Å². The van der Waals surface area contributed by atoms with E-state index >= 15 is 0 Å². The van der Waals surface area contributed by atoms with E-state index in [4.69, 9.17) is 11.6 Å². The Labute approximate surface area is 135 Å². The summed E-state index contributed by atoms with van der Waals surface area (Å²) >= 11 is 9.19. The van der Waals surface area contributed by atoms with E-state index in [9.17, 15) is 0 Å². The first-order valence-electron chi connectivity index (χ1n) is 6.55. The molecule has 0 fully saturated rings. The summed E-state index contributed by atoms with van der Waals surface area (Å²) in [5, 5.41) is 6.08. The zero-order chi connectivity index (χ0) is 14.2. The van der Waals surface area contributed by atoms with Crippen molar-refractivity contribution in [3.63, 3.8) is 0 Å². The lowest BCUT2D eigenvalue weighted by atomic mass is 10.1. The minimum Gasteiger partial charge on any atom is -0.380 e. The van der Waals surface area contributed by atoms with Gasteiger partial charge in [-0.25, -0.2) is 4.98 Å². The highest BCUT2D eigenvalue weighted by atomic mass is 35.5. The van der Waals surface area contributed by atoms with Crippen LogP contribution in [-0.4, -0.2) is 4.98 Å². The van der Waals surface area contributed by atoms with Crippen LogP contribution < -0.4 is 5.32 Å². The van der Waals surface area contributed by atoms with E-state index < -0.39 is 0 Å². The van der Waals surface area contributed by atoms with Crippen LogP contribution in [0.4, 0.5) is 5.69 Å². The number of benzene rings is 2. The van der Waals surface area contributed by atoms with Crippen molar-refractivity contribution in [3.8, 4) is 0 Å². The van der Waals surface area contributed by atoms with Gasteiger partial charge in [-0.15, -0.1) is 22.7 Å². The van der Waals surface area contributed by atoms with E-state index in [1.165, 1.54) is 31.5 Å². The molecule has 2 nitrogen and oxygen atoms in total. The predicted octanol–water partition coefficient (Wildman–Crippen LogP) is 5.78. The number of fused-ring (bicyclic) bond motifs is 3. The van der Waals surface area contributed by atoms with Crippen LogP contribution in [0.15, 0.2) is 48.7 Å². The van der Waals surface area contributed by atoms with E-state index in [1.54, 1.807) is 0 Å². The summed E-state index contributed by atoms with van der Waals surface area (Å²) in [5.74, 6) is 0. The van der Waals surface area contributed by atoms with Crippen LogP contribution in [0.2, 0.25) is 4.47 Å². The smallest absolute Gasteiger partial charge is 0.183 e. The zero-order valence-electron chi connectivity index (χ0n) is 11.0. The number of aromatic nitrogens is 1. The summed E-state index contributed by atoms with van der Waals surface area (Å²) in [5.41, 5.74) is 1.12. The Hall–Kier alpha value is -1.62. The molecule has 2 aromatic carbocycles. The Morgan fingerprint density at radius 2 is 1.86 bits per heavy atom. The Morgan fingerprint density at radius 3 is 2.71 bits per heavy atom. The minimum atomic E-state index is 0.590. The van der Waals surface area contributed by atoms with Gasteiger partial charge in [-0.3, -0.25) is 0 Å². The molecule has 1 N–H and O–H groups in total. The average molecular weight is 331 g/mol. The molecule has 4 aromatic rings. The third-order valence-electron chi connectivity index (χ3n) is 3.37. The maximum Gasteiger partial charge on any atom is 0.183 e. The molecule has 21 heavy (non-hydrogen) atoms. The summed E-state index contributed by atoms with van der Waals surface area (Å²) in [6.07, 6.45) is 1.82. The second-order valence-electron chi connectivity index (χ2n) is 4.74. The van der Waals surface area contributed by atoms with Crippen molar-refractivity contribution in [2.75, 3.05) is 5.32 Å². The lowest BCUT2D eigenvalue weighted by Gasteiger charge is -2.04. The van der Waals surface area contributed by atoms with Crippen LogP contribution in [0.3, 0.4) is 0 Å². The molecule has 0 aliphatic heterocycles. The number of nitrogens with one attached hydrogen (secondary N) is 1. The summed E-state index contributed by atoms with van der Waals surface area (Å²) in [7, 11) is 0. The van der Waals surface area contributed by atoms with Gasteiger partial charge in [-0.2, -0.15) is 0 Å². The van der Waals surface area contributed by atoms with E-state index in [0.29, 0.717) is 4.47 Å². The van der Waals surface area contributed by atoms with Crippen molar-refractivity contribution in [1.29, 1.82) is 0 Å². The number of rotatable bonds is 3. The molecule has 0 aliphatic carbocycles. The number of nitrogens with zero attached hydrogens (tertiary/aromatic N) is 1. The van der Waals surface area contributed by atoms with Crippen molar-refractivity contribution in [2.45, 2.75) is 6.54 Å². The van der Waals surface area contributed by atoms with Crippen molar-refractivity contribution >= 4 is 60.1 Å². The van der Waals surface area contributed by atoms with Crippen molar-refractivity contribution in [2.24, 2.45) is 0 Å². The molecular formula is C16H11ClN2S2. The molecule has 0 amide bonds. The maximum absolute atomic E-state index is 5.85. The molecule has 5 heteroatoms. The number of halogens is 1. The molecule has 0 atom stereocenters. The zero-order valence-corrected chi connectivity index (χ0v) is 13.4. The average Bonchev–Trinajstić information content (AvgIpc) is 3.07. The van der Waals surface area contributed by atoms with Crippen LogP contribution in [0.25, 0.3) is 20.2 Å². The predicted molar refractivity (Wildman–Crippen MR) is 93.8 cm³/mol. The fraction of sp³-hybridized carbons (Fsp3) is 0.0625. The van der Waals surface area contributed by atoms with Crippen LogP contribution in [0.1, 0.15) is 4.88 Å². The second kappa shape index (κ2) is 5.30. The Morgan fingerprint density at radius 1 is 1.00 bits per heavy atom. The fourth-order valence-electron chi connectivity index (χ4n) is 2.39. The lowest BCUT2D eigenvalue weighted by Crippen LogP contribution is -1.96. The number of thiophene rings is 1. The largest absolute Gasteiger partial charge is 0.380 e. The molecule has 0 unspecified atom stereocenters. The first-order chi connectivity index (χ1) is 10.3. The third kappa shape index (κ3) is 2.50. The van der Waals surface area contributed by atoms with E-state index in [0.717, 1.165) is 17.1 Å². The van der Waals surface area contributed by atoms with E-state index in [-0.39, 0.29) is 0 Å². The van der Waals surface area contributed by atoms with Crippen molar-refractivity contribution in [1.82, 2.24) is 4.98 Å². The molecule has 0 spiro atoms. The van der Waals surface area contributed by atoms with Gasteiger partial charge < -0.3 is 5.32 Å². The van der Waals surface area contributed by atoms with Crippen LogP contribution >= 0.6 is 34.3 Å². The summed E-state index contributed by atoms with van der Waals surface area (Å²) in [6, 6.07) is 15.1. The van der Waals surface area contributed by atoms with Gasteiger partial charge in [0.15, 0.2) is 4.47 Å². The molecule has 0 radical (unpaired) electrons. The lowest BCUT2D eigenvalue weighted by molar-refractivity contribution is 1.18. The molecular weight excluding hydrogens is 320 g/mol. The van der Waals surface area contributed by atoms with Gasteiger partial charge in [0.1, 0.15) is 0 Å². The third-order valence-corrected chi connectivity index (χ3v) is 5.62. The van der Waals surface area contributed by atoms with E-state index in [2.05, 4.69) is 52.8 Å². The highest BCUT2D eigenvalue weighted by Gasteiger charge is 2.05. The molecule has 4 rings (SSSR count). The summed E-state index contributed by atoms with van der Waals surface area (Å²) in [6.45, 7) is 0.751.